The zero-order chi connectivity index (χ0) is 22.6. The molecule has 0 aliphatic carbocycles. The van der Waals surface area contributed by atoms with Crippen LogP contribution >= 0.6 is 15.2 Å². The summed E-state index contributed by atoms with van der Waals surface area (Å²) in [7, 11) is -8.53. The van der Waals surface area contributed by atoms with Crippen molar-refractivity contribution in [3.8, 4) is 0 Å². The SMILES string of the molecule is CC(N1CCOCCOCCN(C(C)P(=O)(O)O)CCOCCOCC1)P(=O)(O)O. The fraction of sp³-hybridized carbons (Fsp3) is 1.00. The zero-order valence-corrected chi connectivity index (χ0v) is 19.5. The van der Waals surface area contributed by atoms with E-state index in [9.17, 15) is 28.7 Å². The Hall–Kier alpha value is 0.0600. The highest BCUT2D eigenvalue weighted by Gasteiger charge is 2.30. The van der Waals surface area contributed by atoms with Gasteiger partial charge in [0, 0.05) is 26.2 Å². The second-order valence-electron chi connectivity index (χ2n) is 6.96. The highest BCUT2D eigenvalue weighted by molar-refractivity contribution is 7.52. The fourth-order valence-electron chi connectivity index (χ4n) is 2.77. The first kappa shape index (κ1) is 28.1. The Kier molecular flexibility index (Phi) is 13.4. The van der Waals surface area contributed by atoms with E-state index in [1.807, 2.05) is 0 Å². The second kappa shape index (κ2) is 14.3. The van der Waals surface area contributed by atoms with Crippen LogP contribution in [0.5, 0.6) is 0 Å². The molecule has 2 atom stereocenters. The molecule has 30 heavy (non-hydrogen) atoms. The molecule has 14 heteroatoms. The van der Waals surface area contributed by atoms with E-state index in [2.05, 4.69) is 0 Å². The smallest absolute Gasteiger partial charge is 0.342 e. The normalized spacial score (nSPS) is 23.9. The van der Waals surface area contributed by atoms with E-state index in [1.54, 1.807) is 9.80 Å². The van der Waals surface area contributed by atoms with Crippen LogP contribution in [0.15, 0.2) is 0 Å². The molecule has 1 fully saturated rings. The monoisotopic (exact) mass is 478 g/mol. The van der Waals surface area contributed by atoms with Gasteiger partial charge < -0.3 is 38.5 Å². The van der Waals surface area contributed by atoms with Gasteiger partial charge in [-0.25, -0.2) is 0 Å². The van der Waals surface area contributed by atoms with Gasteiger partial charge in [0.15, 0.2) is 0 Å². The largest absolute Gasteiger partial charge is 0.378 e. The van der Waals surface area contributed by atoms with Crippen LogP contribution in [0, 0.1) is 0 Å². The molecule has 1 heterocycles. The highest BCUT2D eigenvalue weighted by atomic mass is 31.2. The van der Waals surface area contributed by atoms with Crippen molar-refractivity contribution < 1.29 is 47.7 Å². The zero-order valence-electron chi connectivity index (χ0n) is 17.7. The predicted octanol–water partition coefficient (Wildman–Crippen LogP) is -0.282. The molecule has 12 nitrogen and oxygen atoms in total. The third-order valence-electron chi connectivity index (χ3n) is 4.87. The van der Waals surface area contributed by atoms with Crippen LogP contribution in [0.25, 0.3) is 0 Å². The van der Waals surface area contributed by atoms with Crippen LogP contribution in [0.2, 0.25) is 0 Å². The number of nitrogens with zero attached hydrogens (tertiary/aromatic N) is 2. The Morgan fingerprint density at radius 3 is 1.00 bits per heavy atom. The molecule has 180 valence electrons. The van der Waals surface area contributed by atoms with Crippen molar-refractivity contribution in [2.45, 2.75) is 25.4 Å². The Labute approximate surface area is 177 Å². The summed E-state index contributed by atoms with van der Waals surface area (Å²) in [4.78, 5) is 41.0. The van der Waals surface area contributed by atoms with E-state index in [4.69, 9.17) is 18.9 Å². The molecule has 2 unspecified atom stereocenters. The lowest BCUT2D eigenvalue weighted by Gasteiger charge is -2.30. The number of rotatable bonds is 4. The number of ether oxygens (including phenoxy) is 4. The Morgan fingerprint density at radius 1 is 0.567 bits per heavy atom. The third kappa shape index (κ3) is 11.6. The summed E-state index contributed by atoms with van der Waals surface area (Å²) in [5, 5.41) is 0. The minimum absolute atomic E-state index is 0.276. The molecule has 0 aromatic heterocycles. The van der Waals surface area contributed by atoms with Crippen LogP contribution in [0.3, 0.4) is 0 Å². The average Bonchev–Trinajstić information content (AvgIpc) is 2.65. The third-order valence-corrected chi connectivity index (χ3v) is 7.47. The van der Waals surface area contributed by atoms with Crippen molar-refractivity contribution >= 4 is 15.2 Å². The number of hydrogen-bond acceptors (Lipinski definition) is 8. The maximum absolute atomic E-state index is 11.6. The molecule has 0 aromatic rings. The molecule has 0 spiro atoms. The molecule has 1 rings (SSSR count). The van der Waals surface area contributed by atoms with Gasteiger partial charge in [0.2, 0.25) is 0 Å². The van der Waals surface area contributed by atoms with Gasteiger partial charge in [-0.1, -0.05) is 0 Å². The van der Waals surface area contributed by atoms with E-state index in [0.29, 0.717) is 52.6 Å². The van der Waals surface area contributed by atoms with Crippen LogP contribution < -0.4 is 0 Å². The summed E-state index contributed by atoms with van der Waals surface area (Å²) < 4.78 is 45.1. The Morgan fingerprint density at radius 2 is 0.800 bits per heavy atom. The Balaban J connectivity index is 2.58. The topological polar surface area (TPSA) is 158 Å². The van der Waals surface area contributed by atoms with Gasteiger partial charge in [-0.05, 0) is 13.8 Å². The summed E-state index contributed by atoms with van der Waals surface area (Å²) in [6.45, 7) is 6.58. The van der Waals surface area contributed by atoms with Crippen molar-refractivity contribution in [2.75, 3.05) is 79.0 Å². The Bertz CT molecular complexity index is 490. The lowest BCUT2D eigenvalue weighted by atomic mass is 10.4. The maximum atomic E-state index is 11.6. The van der Waals surface area contributed by atoms with E-state index in [0.717, 1.165) is 0 Å². The summed E-state index contributed by atoms with van der Waals surface area (Å²) in [5.74, 6) is -1.88. The van der Waals surface area contributed by atoms with Gasteiger partial charge in [-0.15, -0.1) is 0 Å². The van der Waals surface area contributed by atoms with Crippen LogP contribution in [-0.2, 0) is 28.1 Å². The standard InChI is InChI=1S/C16H36N2O10P2/c1-15(29(19,20)21)17-3-7-25-11-13-27-9-5-18(16(2)30(22,23)24)6-10-28-14-12-26-8-4-17/h15-16H,3-14H2,1-2H3,(H2,19,20,21)(H2,22,23,24). The van der Waals surface area contributed by atoms with E-state index in [1.165, 1.54) is 13.8 Å². The molecule has 4 N–H and O–H groups in total. The van der Waals surface area contributed by atoms with Crippen LogP contribution in [0.4, 0.5) is 0 Å². The highest BCUT2D eigenvalue weighted by Crippen LogP contribution is 2.43. The van der Waals surface area contributed by atoms with Gasteiger partial charge in [-0.3, -0.25) is 18.9 Å². The van der Waals surface area contributed by atoms with Gasteiger partial charge in [0.25, 0.3) is 0 Å². The summed E-state index contributed by atoms with van der Waals surface area (Å²) in [6, 6.07) is 0. The fourth-order valence-corrected chi connectivity index (χ4v) is 4.08. The molecule has 0 saturated carbocycles. The van der Waals surface area contributed by atoms with Gasteiger partial charge in [0.1, 0.15) is 11.6 Å². The van der Waals surface area contributed by atoms with Crippen molar-refractivity contribution in [1.29, 1.82) is 0 Å². The van der Waals surface area contributed by atoms with Gasteiger partial charge in [-0.2, -0.15) is 0 Å². The summed E-state index contributed by atoms with van der Waals surface area (Å²) >= 11 is 0. The van der Waals surface area contributed by atoms with Gasteiger partial charge in [0.05, 0.1) is 52.9 Å². The first-order valence-electron chi connectivity index (χ1n) is 9.93. The van der Waals surface area contributed by atoms with Gasteiger partial charge >= 0.3 is 15.2 Å². The molecule has 1 aliphatic rings. The lowest BCUT2D eigenvalue weighted by molar-refractivity contribution is 0.00430. The van der Waals surface area contributed by atoms with Crippen molar-refractivity contribution in [1.82, 2.24) is 9.80 Å². The summed E-state index contributed by atoms with van der Waals surface area (Å²) in [5.41, 5.74) is 0. The molecular formula is C16H36N2O10P2. The molecule has 1 aliphatic heterocycles. The molecule has 0 radical (unpaired) electrons. The van der Waals surface area contributed by atoms with Crippen molar-refractivity contribution in [2.24, 2.45) is 0 Å². The molecule has 0 amide bonds. The molecule has 0 aromatic carbocycles. The molecular weight excluding hydrogens is 442 g/mol. The van der Waals surface area contributed by atoms with E-state index < -0.39 is 26.8 Å². The lowest BCUT2D eigenvalue weighted by Crippen LogP contribution is -2.39. The van der Waals surface area contributed by atoms with Crippen molar-refractivity contribution in [3.63, 3.8) is 0 Å². The summed E-state index contributed by atoms with van der Waals surface area (Å²) in [6.07, 6.45) is 0. The first-order chi connectivity index (χ1) is 14.0. The molecule has 0 bridgehead atoms. The minimum atomic E-state index is -4.26. The average molecular weight is 478 g/mol. The van der Waals surface area contributed by atoms with E-state index >= 15 is 0 Å². The van der Waals surface area contributed by atoms with E-state index in [-0.39, 0.29) is 26.4 Å². The predicted molar refractivity (Wildman–Crippen MR) is 109 cm³/mol. The minimum Gasteiger partial charge on any atom is -0.378 e. The molecule has 1 saturated heterocycles. The van der Waals surface area contributed by atoms with Crippen LogP contribution in [0.1, 0.15) is 13.8 Å². The van der Waals surface area contributed by atoms with Crippen LogP contribution in [-0.4, -0.2) is 120 Å². The second-order valence-corrected chi connectivity index (χ2v) is 10.8. The maximum Gasteiger partial charge on any atom is 0.342 e. The van der Waals surface area contributed by atoms with Crippen molar-refractivity contribution in [3.05, 3.63) is 0 Å². The quantitative estimate of drug-likeness (QED) is 0.392. The number of hydrogen-bond donors (Lipinski definition) is 4. The first-order valence-corrected chi connectivity index (χ1v) is 13.3.